The number of amides is 2. The molecule has 4 heterocycles. The summed E-state index contributed by atoms with van der Waals surface area (Å²) < 4.78 is 30.6. The van der Waals surface area contributed by atoms with Gasteiger partial charge in [0, 0.05) is 29.3 Å². The second-order valence-electron chi connectivity index (χ2n) is 14.3. The molecule has 1 saturated heterocycles. The van der Waals surface area contributed by atoms with Gasteiger partial charge in [-0.2, -0.15) is 0 Å². The highest BCUT2D eigenvalue weighted by atomic mass is 28.4. The van der Waals surface area contributed by atoms with Crippen molar-refractivity contribution in [2.24, 2.45) is 5.92 Å². The lowest BCUT2D eigenvalue weighted by atomic mass is 9.82. The number of hydrogen-bond acceptors (Lipinski definition) is 7. The number of aromatic nitrogens is 3. The predicted octanol–water partition coefficient (Wildman–Crippen LogP) is 6.83. The molecule has 3 aliphatic heterocycles. The van der Waals surface area contributed by atoms with Crippen molar-refractivity contribution in [3.8, 4) is 5.75 Å². The first-order valence-corrected chi connectivity index (χ1v) is 20.6. The fourth-order valence-corrected chi connectivity index (χ4v) is 10.9. The second kappa shape index (κ2) is 13.1. The Morgan fingerprint density at radius 3 is 2.48 bits per heavy atom. The number of anilines is 3. The molecule has 4 aromatic carbocycles. The molecule has 8 rings (SSSR count). The number of para-hydroxylation sites is 3. The van der Waals surface area contributed by atoms with Crippen LogP contribution in [0.5, 0.6) is 5.75 Å². The van der Waals surface area contributed by atoms with Crippen LogP contribution >= 0.6 is 0 Å². The number of halogens is 1. The predicted molar refractivity (Wildman–Crippen MR) is 196 cm³/mol. The summed E-state index contributed by atoms with van der Waals surface area (Å²) in [6, 6.07) is 31.9. The minimum absolute atomic E-state index is 0.0682. The van der Waals surface area contributed by atoms with E-state index in [-0.39, 0.29) is 25.0 Å². The first-order chi connectivity index (χ1) is 25.1. The molecule has 5 aromatic rings. The molecule has 3 aliphatic rings. The number of nitrogens with zero attached hydrogens (tertiary/aromatic N) is 5. The number of aliphatic hydroxyl groups is 1. The van der Waals surface area contributed by atoms with Gasteiger partial charge in [0.15, 0.2) is 12.2 Å². The Hall–Kier alpha value is -5.17. The normalized spacial score (nSPS) is 23.1. The molecular weight excluding hydrogens is 678 g/mol. The van der Waals surface area contributed by atoms with Crippen LogP contribution < -0.4 is 14.5 Å². The summed E-state index contributed by atoms with van der Waals surface area (Å²) in [4.78, 5) is 31.3. The van der Waals surface area contributed by atoms with Gasteiger partial charge in [-0.1, -0.05) is 84.9 Å². The van der Waals surface area contributed by atoms with Crippen molar-refractivity contribution < 1.29 is 28.3 Å². The zero-order chi connectivity index (χ0) is 36.2. The zero-order valence-corrected chi connectivity index (χ0v) is 30.2. The van der Waals surface area contributed by atoms with Crippen LogP contribution in [0, 0.1) is 5.92 Å². The molecule has 0 unspecified atom stereocenters. The Morgan fingerprint density at radius 1 is 0.962 bits per heavy atom. The lowest BCUT2D eigenvalue weighted by Crippen LogP contribution is -2.45. The molecule has 2 amide bonds. The average Bonchev–Trinajstić information content (AvgIpc) is 3.81. The van der Waals surface area contributed by atoms with Crippen molar-refractivity contribution in [2.75, 3.05) is 16.4 Å². The number of fused-ring (bicyclic) bond motifs is 3. The summed E-state index contributed by atoms with van der Waals surface area (Å²) in [5.41, 5.74) is 2.92. The number of ether oxygens (including phenoxy) is 2. The minimum atomic E-state index is -3.38. The average molecular weight is 718 g/mol. The van der Waals surface area contributed by atoms with Crippen molar-refractivity contribution in [3.63, 3.8) is 0 Å². The quantitative estimate of drug-likeness (QED) is 0.132. The highest BCUT2D eigenvalue weighted by Gasteiger charge is 2.66. The molecule has 266 valence electrons. The maximum absolute atomic E-state index is 16.4. The molecule has 0 bridgehead atoms. The number of benzene rings is 4. The Bertz CT molecular complexity index is 2140. The van der Waals surface area contributed by atoms with E-state index in [1.165, 1.54) is 0 Å². The van der Waals surface area contributed by atoms with Crippen molar-refractivity contribution in [1.82, 2.24) is 15.0 Å². The molecule has 1 aromatic heterocycles. The monoisotopic (exact) mass is 717 g/mol. The van der Waals surface area contributed by atoms with E-state index in [9.17, 15) is 14.7 Å². The number of hydrogen-bond donors (Lipinski definition) is 1. The maximum Gasteiger partial charge on any atom is 0.269 e. The smallest absolute Gasteiger partial charge is 0.269 e. The van der Waals surface area contributed by atoms with Gasteiger partial charge in [0.05, 0.1) is 30.2 Å². The highest BCUT2D eigenvalue weighted by Crippen LogP contribution is 2.60. The molecule has 1 fully saturated rings. The SMILES string of the molecule is C[C@@H]1[C@@H]([Si](C)(C)F)[C@H](CCn2cc([C@H](O)c3ccccc3)nn2)O[C@@]12C(=O)N(Cc1cccc(N3C(=O)COc4ccccc43)c1)c1ccccc12. The Balaban J connectivity index is 1.07. The van der Waals surface area contributed by atoms with E-state index in [1.54, 1.807) is 33.8 Å². The van der Waals surface area contributed by atoms with Gasteiger partial charge in [0.2, 0.25) is 8.41 Å². The van der Waals surface area contributed by atoms with Crippen molar-refractivity contribution >= 4 is 37.3 Å². The van der Waals surface area contributed by atoms with Crippen LogP contribution in [0.25, 0.3) is 0 Å². The first kappa shape index (κ1) is 33.9. The molecule has 0 aliphatic carbocycles. The van der Waals surface area contributed by atoms with E-state index in [4.69, 9.17) is 9.47 Å². The van der Waals surface area contributed by atoms with Gasteiger partial charge < -0.3 is 23.6 Å². The van der Waals surface area contributed by atoms with E-state index < -0.39 is 37.7 Å². The molecule has 1 N–H and O–H groups in total. The molecule has 10 nitrogen and oxygen atoms in total. The maximum atomic E-state index is 16.4. The summed E-state index contributed by atoms with van der Waals surface area (Å²) in [7, 11) is -3.38. The minimum Gasteiger partial charge on any atom is -0.482 e. The number of aryl methyl sites for hydroxylation is 1. The second-order valence-corrected chi connectivity index (χ2v) is 18.1. The first-order valence-electron chi connectivity index (χ1n) is 17.6. The summed E-state index contributed by atoms with van der Waals surface area (Å²) in [6.07, 6.45) is 0.637. The molecule has 52 heavy (non-hydrogen) atoms. The van der Waals surface area contributed by atoms with Gasteiger partial charge in [-0.05, 0) is 61.0 Å². The summed E-state index contributed by atoms with van der Waals surface area (Å²) >= 11 is 0. The number of carbonyl (C=O) groups excluding carboxylic acids is 2. The third-order valence-corrected chi connectivity index (χ3v) is 13.1. The lowest BCUT2D eigenvalue weighted by Gasteiger charge is -2.31. The lowest BCUT2D eigenvalue weighted by molar-refractivity contribution is -0.146. The van der Waals surface area contributed by atoms with E-state index in [1.807, 2.05) is 110 Å². The molecule has 0 saturated carbocycles. The zero-order valence-electron chi connectivity index (χ0n) is 29.2. The summed E-state index contributed by atoms with van der Waals surface area (Å²) in [5, 5.41) is 19.3. The molecule has 12 heteroatoms. The van der Waals surface area contributed by atoms with Crippen LogP contribution in [0.15, 0.2) is 109 Å². The van der Waals surface area contributed by atoms with Crippen molar-refractivity contribution in [2.45, 2.75) is 62.9 Å². The van der Waals surface area contributed by atoms with Crippen LogP contribution in [-0.2, 0) is 33.0 Å². The van der Waals surface area contributed by atoms with Crippen molar-refractivity contribution in [1.29, 1.82) is 0 Å². The van der Waals surface area contributed by atoms with Crippen LogP contribution in [0.1, 0.15) is 41.8 Å². The summed E-state index contributed by atoms with van der Waals surface area (Å²) in [5.74, 6) is -0.222. The number of rotatable bonds is 9. The van der Waals surface area contributed by atoms with Crippen molar-refractivity contribution in [3.05, 3.63) is 132 Å². The van der Waals surface area contributed by atoms with Crippen LogP contribution in [-0.4, -0.2) is 53.0 Å². The van der Waals surface area contributed by atoms with E-state index in [0.717, 1.165) is 16.8 Å². The standard InChI is InChI=1S/C40H40FN5O5Si/c1-26-38(52(2,3)41)35(20-21-44-24-31(42-43-44)37(48)28-13-5-4-6-14-28)51-40(26)30-16-7-8-17-32(30)45(39(40)49)23-27-12-11-15-29(22-27)46-33-18-9-10-19-34(33)50-25-36(46)47/h4-19,22,24,26,35,37-38,48H,20-21,23,25H2,1-3H3/t26-,35+,37-,38-,40+/m1/s1. The Labute approximate surface area is 302 Å². The molecule has 5 atom stereocenters. The van der Waals surface area contributed by atoms with Gasteiger partial charge >= 0.3 is 0 Å². The fraction of sp³-hybridized carbons (Fsp3) is 0.300. The van der Waals surface area contributed by atoms with Gasteiger partial charge in [0.1, 0.15) is 17.5 Å². The molecule has 1 spiro atoms. The van der Waals surface area contributed by atoms with Gasteiger partial charge in [0.25, 0.3) is 11.8 Å². The Morgan fingerprint density at radius 2 is 1.69 bits per heavy atom. The van der Waals surface area contributed by atoms with Gasteiger partial charge in [-0.25, -0.2) is 0 Å². The largest absolute Gasteiger partial charge is 0.482 e. The third-order valence-electron chi connectivity index (χ3n) is 10.7. The van der Waals surface area contributed by atoms with Crippen LogP contribution in [0.3, 0.4) is 0 Å². The van der Waals surface area contributed by atoms with Crippen LogP contribution in [0.2, 0.25) is 18.6 Å². The Kier molecular flexibility index (Phi) is 8.55. The van der Waals surface area contributed by atoms with E-state index in [2.05, 4.69) is 10.3 Å². The van der Waals surface area contributed by atoms with Gasteiger partial charge in [-0.3, -0.25) is 19.2 Å². The number of aliphatic hydroxyl groups excluding tert-OH is 1. The third kappa shape index (κ3) is 5.71. The number of carbonyl (C=O) groups is 2. The summed E-state index contributed by atoms with van der Waals surface area (Å²) in [6.45, 7) is 5.86. The molecule has 0 radical (unpaired) electrons. The molecular formula is C40H40FN5O5Si. The van der Waals surface area contributed by atoms with Gasteiger partial charge in [-0.15, -0.1) is 5.10 Å². The van der Waals surface area contributed by atoms with Crippen LogP contribution in [0.4, 0.5) is 21.2 Å². The fourth-order valence-electron chi connectivity index (χ4n) is 8.40. The van der Waals surface area contributed by atoms with E-state index in [0.29, 0.717) is 41.3 Å². The highest BCUT2D eigenvalue weighted by molar-refractivity contribution is 6.72. The van der Waals surface area contributed by atoms with E-state index >= 15 is 4.11 Å². The topological polar surface area (TPSA) is 110 Å².